The molecule has 0 bridgehead atoms. The van der Waals surface area contributed by atoms with Crippen molar-refractivity contribution in [3.05, 3.63) is 77.6 Å². The van der Waals surface area contributed by atoms with Crippen molar-refractivity contribution in [1.82, 2.24) is 14.9 Å². The number of hydrogen-bond donors (Lipinski definition) is 2. The third-order valence-electron chi connectivity index (χ3n) is 6.65. The van der Waals surface area contributed by atoms with Crippen molar-refractivity contribution in [2.45, 2.75) is 32.1 Å². The second-order valence-corrected chi connectivity index (χ2v) is 9.45. The summed E-state index contributed by atoms with van der Waals surface area (Å²) >= 11 is 0. The van der Waals surface area contributed by atoms with Gasteiger partial charge < -0.3 is 20.7 Å². The SMILES string of the molecule is C=CC(=O)N(CCCF)CCOc1c(N)ncnc1-c1cc(F)cc(NC(=O)c2ccc(C3CC3)cc2F)c1C. The zero-order valence-electron chi connectivity index (χ0n) is 22.1. The molecule has 8 nitrogen and oxygen atoms in total. The summed E-state index contributed by atoms with van der Waals surface area (Å²) in [6, 6.07) is 6.86. The molecular formula is C29H30F3N5O3. The highest BCUT2D eigenvalue weighted by atomic mass is 19.1. The molecule has 1 aromatic heterocycles. The standard InChI is InChI=1S/C29H30F3N5O3/c1-3-25(38)37(10-4-9-30)11-12-40-27-26(34-16-35-28(27)33)22-14-20(31)15-24(17(22)2)36-29(39)21-8-7-19(13-23(21)32)18-5-6-18/h3,7-8,13-16,18H,1,4-6,9-12H2,2H3,(H,36,39)(H2,33,34,35). The summed E-state index contributed by atoms with van der Waals surface area (Å²) in [5, 5.41) is 2.59. The molecule has 1 aliphatic rings. The Morgan fingerprint density at radius 3 is 2.65 bits per heavy atom. The summed E-state index contributed by atoms with van der Waals surface area (Å²) in [4.78, 5) is 34.6. The van der Waals surface area contributed by atoms with E-state index in [1.165, 1.54) is 29.4 Å². The maximum atomic E-state index is 14.8. The Kier molecular flexibility index (Phi) is 9.03. The van der Waals surface area contributed by atoms with E-state index in [0.29, 0.717) is 11.5 Å². The van der Waals surface area contributed by atoms with Crippen molar-refractivity contribution < 1.29 is 27.5 Å². The van der Waals surface area contributed by atoms with Gasteiger partial charge in [0.1, 0.15) is 30.3 Å². The second-order valence-electron chi connectivity index (χ2n) is 9.45. The number of amides is 2. The van der Waals surface area contributed by atoms with Crippen molar-refractivity contribution in [2.24, 2.45) is 0 Å². The average molecular weight is 554 g/mol. The van der Waals surface area contributed by atoms with Crippen LogP contribution in [0.3, 0.4) is 0 Å². The van der Waals surface area contributed by atoms with E-state index in [1.807, 2.05) is 0 Å². The highest BCUT2D eigenvalue weighted by Gasteiger charge is 2.25. The first-order valence-electron chi connectivity index (χ1n) is 12.8. The molecule has 2 amide bonds. The molecular weight excluding hydrogens is 523 g/mol. The molecule has 0 spiro atoms. The van der Waals surface area contributed by atoms with Crippen LogP contribution in [0.15, 0.2) is 49.3 Å². The van der Waals surface area contributed by atoms with Gasteiger partial charge >= 0.3 is 0 Å². The van der Waals surface area contributed by atoms with Gasteiger partial charge in [-0.15, -0.1) is 0 Å². The average Bonchev–Trinajstić information content (AvgIpc) is 3.78. The van der Waals surface area contributed by atoms with Gasteiger partial charge in [0, 0.05) is 17.8 Å². The van der Waals surface area contributed by atoms with Crippen LogP contribution >= 0.6 is 0 Å². The van der Waals surface area contributed by atoms with Crippen molar-refractivity contribution in [2.75, 3.05) is 37.4 Å². The fourth-order valence-electron chi connectivity index (χ4n) is 4.32. The van der Waals surface area contributed by atoms with Crippen LogP contribution in [0.5, 0.6) is 5.75 Å². The largest absolute Gasteiger partial charge is 0.486 e. The molecule has 3 aromatic rings. The highest BCUT2D eigenvalue weighted by Crippen LogP contribution is 2.40. The number of anilines is 2. The number of nitrogens with one attached hydrogen (secondary N) is 1. The fraction of sp³-hybridized carbons (Fsp3) is 0.310. The molecule has 1 heterocycles. The summed E-state index contributed by atoms with van der Waals surface area (Å²) in [7, 11) is 0. The fourth-order valence-corrected chi connectivity index (χ4v) is 4.32. The molecule has 0 radical (unpaired) electrons. The summed E-state index contributed by atoms with van der Waals surface area (Å²) in [6.45, 7) is 4.76. The number of carbonyl (C=O) groups excluding carboxylic acids is 2. The van der Waals surface area contributed by atoms with E-state index in [-0.39, 0.29) is 66.1 Å². The predicted molar refractivity (Wildman–Crippen MR) is 146 cm³/mol. The maximum Gasteiger partial charge on any atom is 0.258 e. The third kappa shape index (κ3) is 6.59. The third-order valence-corrected chi connectivity index (χ3v) is 6.65. The number of nitrogens with zero attached hydrogens (tertiary/aromatic N) is 3. The molecule has 11 heteroatoms. The summed E-state index contributed by atoms with van der Waals surface area (Å²) < 4.78 is 48.0. The van der Waals surface area contributed by atoms with Crippen LogP contribution in [0.1, 0.15) is 46.7 Å². The maximum absolute atomic E-state index is 14.8. The van der Waals surface area contributed by atoms with E-state index >= 15 is 0 Å². The predicted octanol–water partition coefficient (Wildman–Crippen LogP) is 5.20. The van der Waals surface area contributed by atoms with Gasteiger partial charge in [-0.05, 0) is 73.6 Å². The van der Waals surface area contributed by atoms with E-state index in [0.717, 1.165) is 30.5 Å². The number of halogens is 3. The lowest BCUT2D eigenvalue weighted by Gasteiger charge is -2.21. The van der Waals surface area contributed by atoms with Gasteiger partial charge in [-0.2, -0.15) is 0 Å². The number of ether oxygens (including phenoxy) is 1. The summed E-state index contributed by atoms with van der Waals surface area (Å²) in [5.41, 5.74) is 7.71. The van der Waals surface area contributed by atoms with Gasteiger partial charge in [0.15, 0.2) is 11.6 Å². The van der Waals surface area contributed by atoms with E-state index in [2.05, 4.69) is 21.9 Å². The zero-order valence-corrected chi connectivity index (χ0v) is 22.1. The first kappa shape index (κ1) is 28.6. The number of nitrogens with two attached hydrogens (primary N) is 1. The molecule has 0 atom stereocenters. The van der Waals surface area contributed by atoms with Crippen molar-refractivity contribution in [3.8, 4) is 17.0 Å². The van der Waals surface area contributed by atoms with Gasteiger partial charge in [-0.25, -0.2) is 18.7 Å². The Labute approximate surface area is 230 Å². The molecule has 1 aliphatic carbocycles. The van der Waals surface area contributed by atoms with Crippen molar-refractivity contribution >= 4 is 23.3 Å². The van der Waals surface area contributed by atoms with Crippen LogP contribution in [0.4, 0.5) is 24.7 Å². The summed E-state index contributed by atoms with van der Waals surface area (Å²) in [5.74, 6) is -2.08. The normalized spacial score (nSPS) is 12.6. The van der Waals surface area contributed by atoms with Crippen LogP contribution in [0.25, 0.3) is 11.3 Å². The van der Waals surface area contributed by atoms with E-state index in [1.54, 1.807) is 13.0 Å². The monoisotopic (exact) mass is 553 g/mol. The van der Waals surface area contributed by atoms with Crippen LogP contribution in [-0.4, -0.2) is 53.1 Å². The Bertz CT molecular complexity index is 1430. The van der Waals surface area contributed by atoms with Gasteiger partial charge in [-0.1, -0.05) is 12.6 Å². The van der Waals surface area contributed by atoms with E-state index in [4.69, 9.17) is 10.5 Å². The number of aromatic nitrogens is 2. The lowest BCUT2D eigenvalue weighted by molar-refractivity contribution is -0.126. The van der Waals surface area contributed by atoms with E-state index < -0.39 is 24.2 Å². The minimum absolute atomic E-state index is 0.0255. The number of benzene rings is 2. The van der Waals surface area contributed by atoms with Crippen LogP contribution in [0.2, 0.25) is 0 Å². The molecule has 4 rings (SSSR count). The topological polar surface area (TPSA) is 110 Å². The van der Waals surface area contributed by atoms with Crippen LogP contribution in [0, 0.1) is 18.6 Å². The van der Waals surface area contributed by atoms with Crippen molar-refractivity contribution in [1.29, 1.82) is 0 Å². The number of hydrogen-bond acceptors (Lipinski definition) is 6. The quantitative estimate of drug-likeness (QED) is 0.299. The lowest BCUT2D eigenvalue weighted by atomic mass is 10.0. The summed E-state index contributed by atoms with van der Waals surface area (Å²) in [6.07, 6.45) is 4.47. The Morgan fingerprint density at radius 1 is 1.20 bits per heavy atom. The minimum atomic E-state index is -0.724. The molecule has 2 aromatic carbocycles. The van der Waals surface area contributed by atoms with Crippen LogP contribution in [-0.2, 0) is 4.79 Å². The van der Waals surface area contributed by atoms with Crippen LogP contribution < -0.4 is 15.8 Å². The van der Waals surface area contributed by atoms with Crippen molar-refractivity contribution in [3.63, 3.8) is 0 Å². The van der Waals surface area contributed by atoms with E-state index in [9.17, 15) is 22.8 Å². The zero-order chi connectivity index (χ0) is 28.8. The first-order valence-corrected chi connectivity index (χ1v) is 12.8. The Morgan fingerprint density at radius 2 is 1.98 bits per heavy atom. The lowest BCUT2D eigenvalue weighted by Crippen LogP contribution is -2.34. The molecule has 0 unspecified atom stereocenters. The molecule has 40 heavy (non-hydrogen) atoms. The molecule has 1 saturated carbocycles. The molecule has 210 valence electrons. The van der Waals surface area contributed by atoms with Gasteiger partial charge in [-0.3, -0.25) is 14.0 Å². The molecule has 1 fully saturated rings. The molecule has 0 saturated heterocycles. The number of alkyl halides is 1. The van der Waals surface area contributed by atoms with Gasteiger partial charge in [0.05, 0.1) is 18.8 Å². The van der Waals surface area contributed by atoms with Gasteiger partial charge in [0.2, 0.25) is 5.91 Å². The highest BCUT2D eigenvalue weighted by molar-refractivity contribution is 6.05. The number of rotatable bonds is 12. The molecule has 0 aliphatic heterocycles. The van der Waals surface area contributed by atoms with Gasteiger partial charge in [0.25, 0.3) is 5.91 Å². The first-order chi connectivity index (χ1) is 19.2. The minimum Gasteiger partial charge on any atom is -0.486 e. The Hall–Kier alpha value is -4.41. The number of carbonyl (C=O) groups is 2. The number of nitrogen functional groups attached to an aromatic ring is 1. The molecule has 3 N–H and O–H groups in total. The second kappa shape index (κ2) is 12.6. The smallest absolute Gasteiger partial charge is 0.258 e. The Balaban J connectivity index is 1.57.